The van der Waals surface area contributed by atoms with Crippen molar-refractivity contribution in [1.82, 2.24) is 19.9 Å². The first-order valence-electron chi connectivity index (χ1n) is 7.06. The minimum Gasteiger partial charge on any atom is -0.332 e. The zero-order valence-corrected chi connectivity index (χ0v) is 12.0. The highest BCUT2D eigenvalue weighted by Crippen LogP contribution is 2.36. The first-order chi connectivity index (χ1) is 10.0. The lowest BCUT2D eigenvalue weighted by Gasteiger charge is -2.23. The lowest BCUT2D eigenvalue weighted by Crippen LogP contribution is -2.12. The molecule has 8 heteroatoms. The van der Waals surface area contributed by atoms with Crippen LogP contribution in [0.4, 0.5) is 5.69 Å². The zero-order chi connectivity index (χ0) is 15.0. The minimum atomic E-state index is -0.491. The summed E-state index contributed by atoms with van der Waals surface area (Å²) in [5.74, 6) is 1.68. The fourth-order valence-corrected chi connectivity index (χ4v) is 2.93. The summed E-state index contributed by atoms with van der Waals surface area (Å²) in [5.41, 5.74) is 0.00909. The molecule has 0 N–H and O–H groups in total. The van der Waals surface area contributed by atoms with E-state index in [9.17, 15) is 10.1 Å². The summed E-state index contributed by atoms with van der Waals surface area (Å²) in [6, 6.07) is 0. The van der Waals surface area contributed by atoms with Crippen molar-refractivity contribution in [3.63, 3.8) is 0 Å². The highest BCUT2D eigenvalue weighted by Gasteiger charge is 2.28. The van der Waals surface area contributed by atoms with Crippen molar-refractivity contribution in [1.29, 1.82) is 0 Å². The molecule has 2 aromatic rings. The molecule has 2 aromatic heterocycles. The maximum absolute atomic E-state index is 11.0. The van der Waals surface area contributed by atoms with Gasteiger partial charge in [-0.05, 0) is 18.8 Å². The van der Waals surface area contributed by atoms with Gasteiger partial charge in [0.2, 0.25) is 5.69 Å². The molecule has 1 aliphatic rings. The van der Waals surface area contributed by atoms with E-state index in [-0.39, 0.29) is 23.2 Å². The molecule has 0 unspecified atom stereocenters. The third kappa shape index (κ3) is 2.65. The van der Waals surface area contributed by atoms with Crippen molar-refractivity contribution in [2.24, 2.45) is 13.0 Å². The van der Waals surface area contributed by atoms with Gasteiger partial charge in [0.15, 0.2) is 5.82 Å². The van der Waals surface area contributed by atoms with Crippen LogP contribution in [0.25, 0.3) is 11.6 Å². The van der Waals surface area contributed by atoms with Crippen LogP contribution in [0.2, 0.25) is 0 Å². The molecule has 0 spiro atoms. The second kappa shape index (κ2) is 5.27. The van der Waals surface area contributed by atoms with Crippen molar-refractivity contribution in [3.8, 4) is 11.6 Å². The maximum Gasteiger partial charge on any atom is 0.320 e. The first kappa shape index (κ1) is 13.7. The van der Waals surface area contributed by atoms with Gasteiger partial charge in [0.05, 0.1) is 4.92 Å². The Morgan fingerprint density at radius 3 is 3.00 bits per heavy atom. The van der Waals surface area contributed by atoms with Crippen LogP contribution < -0.4 is 0 Å². The van der Waals surface area contributed by atoms with Crippen LogP contribution in [0, 0.1) is 16.0 Å². The van der Waals surface area contributed by atoms with Gasteiger partial charge in [-0.3, -0.25) is 14.8 Å². The molecular weight excluding hydrogens is 274 g/mol. The molecule has 21 heavy (non-hydrogen) atoms. The number of aromatic nitrogens is 4. The third-order valence-electron chi connectivity index (χ3n) is 3.95. The van der Waals surface area contributed by atoms with Crippen LogP contribution in [-0.4, -0.2) is 24.8 Å². The van der Waals surface area contributed by atoms with Crippen molar-refractivity contribution < 1.29 is 9.45 Å². The highest BCUT2D eigenvalue weighted by atomic mass is 16.6. The van der Waals surface area contributed by atoms with E-state index in [1.807, 2.05) is 0 Å². The van der Waals surface area contributed by atoms with Gasteiger partial charge in [0.25, 0.3) is 5.89 Å². The third-order valence-corrected chi connectivity index (χ3v) is 3.95. The number of nitro groups is 1. The Morgan fingerprint density at radius 2 is 2.29 bits per heavy atom. The molecule has 2 heterocycles. The number of hydrogen-bond donors (Lipinski definition) is 0. The molecule has 2 atom stereocenters. The largest absolute Gasteiger partial charge is 0.332 e. The van der Waals surface area contributed by atoms with Crippen LogP contribution in [0.15, 0.2) is 10.7 Å². The average Bonchev–Trinajstić information content (AvgIpc) is 3.04. The topological polar surface area (TPSA) is 99.9 Å². The van der Waals surface area contributed by atoms with E-state index in [1.165, 1.54) is 17.3 Å². The molecule has 0 amide bonds. The molecule has 0 bridgehead atoms. The number of hydrogen-bond acceptors (Lipinski definition) is 6. The van der Waals surface area contributed by atoms with Crippen molar-refractivity contribution >= 4 is 5.69 Å². The maximum atomic E-state index is 11.0. The van der Waals surface area contributed by atoms with E-state index in [4.69, 9.17) is 4.52 Å². The van der Waals surface area contributed by atoms with Crippen molar-refractivity contribution in [2.75, 3.05) is 0 Å². The van der Waals surface area contributed by atoms with Crippen LogP contribution in [0.5, 0.6) is 0 Å². The molecule has 1 aliphatic carbocycles. The van der Waals surface area contributed by atoms with E-state index < -0.39 is 4.92 Å². The number of rotatable bonds is 3. The molecule has 112 valence electrons. The molecular formula is C13H17N5O3. The molecule has 0 aromatic carbocycles. The standard InChI is InChI=1S/C13H17N5O3/c1-8-4-3-5-9(6-8)12-14-13(21-16-12)11-10(18(19)20)7-17(2)15-11/h7-9H,3-6H2,1-2H3/t8-,9+/m1/s1. The normalized spacial score (nSPS) is 22.4. The number of aryl methyl sites for hydroxylation is 1. The molecule has 1 saturated carbocycles. The van der Waals surface area contributed by atoms with Gasteiger partial charge >= 0.3 is 5.69 Å². The summed E-state index contributed by atoms with van der Waals surface area (Å²) in [7, 11) is 1.62. The lowest BCUT2D eigenvalue weighted by atomic mass is 9.82. The minimum absolute atomic E-state index is 0.121. The van der Waals surface area contributed by atoms with Crippen molar-refractivity contribution in [3.05, 3.63) is 22.1 Å². The molecule has 3 rings (SSSR count). The smallest absolute Gasteiger partial charge is 0.320 e. The predicted molar refractivity (Wildman–Crippen MR) is 73.5 cm³/mol. The first-order valence-corrected chi connectivity index (χ1v) is 7.06. The Kier molecular flexibility index (Phi) is 3.44. The second-order valence-electron chi connectivity index (χ2n) is 5.72. The van der Waals surface area contributed by atoms with E-state index in [2.05, 4.69) is 22.2 Å². The Labute approximate surface area is 121 Å². The van der Waals surface area contributed by atoms with Gasteiger partial charge in [0, 0.05) is 13.0 Å². The Balaban J connectivity index is 1.90. The SMILES string of the molecule is C[C@@H]1CCC[C@H](c2noc(-c3nn(C)cc3[N+](=O)[O-])n2)C1. The van der Waals surface area contributed by atoms with Crippen LogP contribution in [0.1, 0.15) is 44.3 Å². The summed E-state index contributed by atoms with van der Waals surface area (Å²) >= 11 is 0. The van der Waals surface area contributed by atoms with E-state index >= 15 is 0 Å². The molecule has 1 fully saturated rings. The van der Waals surface area contributed by atoms with Gasteiger partial charge in [-0.2, -0.15) is 10.1 Å². The number of nitrogens with zero attached hydrogens (tertiary/aromatic N) is 5. The van der Waals surface area contributed by atoms with Gasteiger partial charge < -0.3 is 4.52 Å². The quantitative estimate of drug-likeness (QED) is 0.636. The molecule has 0 aliphatic heterocycles. The summed E-state index contributed by atoms with van der Waals surface area (Å²) < 4.78 is 6.58. The Morgan fingerprint density at radius 1 is 1.48 bits per heavy atom. The monoisotopic (exact) mass is 291 g/mol. The van der Waals surface area contributed by atoms with Gasteiger partial charge in [-0.25, -0.2) is 0 Å². The summed E-state index contributed by atoms with van der Waals surface area (Å²) in [5, 5.41) is 19.1. The lowest BCUT2D eigenvalue weighted by molar-refractivity contribution is -0.384. The predicted octanol–water partition coefficient (Wildman–Crippen LogP) is 2.67. The van der Waals surface area contributed by atoms with E-state index in [0.717, 1.165) is 19.3 Å². The van der Waals surface area contributed by atoms with E-state index in [1.54, 1.807) is 7.05 Å². The molecule has 0 radical (unpaired) electrons. The van der Waals surface area contributed by atoms with Crippen molar-refractivity contribution in [2.45, 2.75) is 38.5 Å². The fraction of sp³-hybridized carbons (Fsp3) is 0.615. The van der Waals surface area contributed by atoms with Gasteiger partial charge in [0.1, 0.15) is 6.20 Å². The molecule has 0 saturated heterocycles. The summed E-state index contributed by atoms with van der Waals surface area (Å²) in [6.07, 6.45) is 5.78. The summed E-state index contributed by atoms with van der Waals surface area (Å²) in [4.78, 5) is 14.9. The molecule has 8 nitrogen and oxygen atoms in total. The van der Waals surface area contributed by atoms with Crippen LogP contribution >= 0.6 is 0 Å². The zero-order valence-electron chi connectivity index (χ0n) is 12.0. The van der Waals surface area contributed by atoms with Crippen LogP contribution in [-0.2, 0) is 7.05 Å². The Bertz CT molecular complexity index is 663. The van der Waals surface area contributed by atoms with Gasteiger partial charge in [-0.15, -0.1) is 0 Å². The van der Waals surface area contributed by atoms with Gasteiger partial charge in [-0.1, -0.05) is 24.9 Å². The second-order valence-corrected chi connectivity index (χ2v) is 5.72. The average molecular weight is 291 g/mol. The van der Waals surface area contributed by atoms with E-state index in [0.29, 0.717) is 11.7 Å². The fourth-order valence-electron chi connectivity index (χ4n) is 2.93. The highest BCUT2D eigenvalue weighted by molar-refractivity contribution is 5.60. The Hall–Kier alpha value is -2.25. The summed E-state index contributed by atoms with van der Waals surface area (Å²) in [6.45, 7) is 2.22. The van der Waals surface area contributed by atoms with Crippen LogP contribution in [0.3, 0.4) is 0 Å².